The third-order valence-electron chi connectivity index (χ3n) is 2.96. The van der Waals surface area contributed by atoms with Gasteiger partial charge >= 0.3 is 0 Å². The van der Waals surface area contributed by atoms with Crippen LogP contribution in [0.1, 0.15) is 37.9 Å². The topological polar surface area (TPSA) is 21.3 Å². The van der Waals surface area contributed by atoms with E-state index in [1.807, 2.05) is 20.8 Å². The Bertz CT molecular complexity index is 396. The van der Waals surface area contributed by atoms with Gasteiger partial charge in [-0.3, -0.25) is 0 Å². The van der Waals surface area contributed by atoms with Crippen LogP contribution in [0.4, 0.5) is 8.78 Å². The molecule has 0 radical (unpaired) electrons. The van der Waals surface area contributed by atoms with Crippen LogP contribution in [-0.4, -0.2) is 19.3 Å². The van der Waals surface area contributed by atoms with Crippen molar-refractivity contribution in [1.82, 2.24) is 5.32 Å². The highest BCUT2D eigenvalue weighted by Crippen LogP contribution is 2.25. The molecule has 0 aliphatic rings. The zero-order valence-electron chi connectivity index (χ0n) is 11.4. The maximum atomic E-state index is 14.0. The van der Waals surface area contributed by atoms with Gasteiger partial charge in [-0.15, -0.1) is 0 Å². The van der Waals surface area contributed by atoms with Crippen LogP contribution in [0, 0.1) is 18.6 Å². The minimum Gasteiger partial charge on any atom is -0.377 e. The fraction of sp³-hybridized carbons (Fsp3) is 0.571. The molecule has 1 rings (SSSR count). The molecule has 102 valence electrons. The Morgan fingerprint density at radius 1 is 1.22 bits per heavy atom. The summed E-state index contributed by atoms with van der Waals surface area (Å²) in [4.78, 5) is 0. The largest absolute Gasteiger partial charge is 0.377 e. The number of halogens is 2. The number of hydrogen-bond donors (Lipinski definition) is 1. The zero-order chi connectivity index (χ0) is 13.7. The molecule has 1 aromatic carbocycles. The van der Waals surface area contributed by atoms with Crippen LogP contribution < -0.4 is 5.32 Å². The average molecular weight is 257 g/mol. The lowest BCUT2D eigenvalue weighted by molar-refractivity contribution is 0.0465. The number of aryl methyl sites for hydroxylation is 1. The summed E-state index contributed by atoms with van der Waals surface area (Å²) in [6, 6.07) is 2.87. The summed E-state index contributed by atoms with van der Waals surface area (Å²) in [5, 5.41) is 3.14. The first-order chi connectivity index (χ1) is 8.52. The molecule has 2 unspecified atom stereocenters. The van der Waals surface area contributed by atoms with E-state index < -0.39 is 11.6 Å². The normalized spacial score (nSPS) is 14.6. The fourth-order valence-corrected chi connectivity index (χ4v) is 2.01. The molecule has 2 atom stereocenters. The van der Waals surface area contributed by atoms with Gasteiger partial charge in [-0.25, -0.2) is 8.78 Å². The molecule has 0 heterocycles. The number of nitrogens with one attached hydrogen (secondary N) is 1. The SMILES string of the molecule is CCNC(c1ccc(C)c(F)c1F)C(C)OCC. The molecule has 1 N–H and O–H groups in total. The Morgan fingerprint density at radius 3 is 2.44 bits per heavy atom. The quantitative estimate of drug-likeness (QED) is 0.844. The van der Waals surface area contributed by atoms with E-state index in [0.717, 1.165) is 0 Å². The highest BCUT2D eigenvalue weighted by atomic mass is 19.2. The van der Waals surface area contributed by atoms with Crippen molar-refractivity contribution < 1.29 is 13.5 Å². The lowest BCUT2D eigenvalue weighted by Crippen LogP contribution is -2.33. The van der Waals surface area contributed by atoms with Crippen molar-refractivity contribution in [1.29, 1.82) is 0 Å². The lowest BCUT2D eigenvalue weighted by Gasteiger charge is -2.25. The summed E-state index contributed by atoms with van der Waals surface area (Å²) in [6.45, 7) is 8.42. The van der Waals surface area contributed by atoms with E-state index >= 15 is 0 Å². The van der Waals surface area contributed by atoms with E-state index in [1.165, 1.54) is 0 Å². The lowest BCUT2D eigenvalue weighted by atomic mass is 9.99. The van der Waals surface area contributed by atoms with Gasteiger partial charge in [0.2, 0.25) is 0 Å². The first-order valence-corrected chi connectivity index (χ1v) is 6.32. The second kappa shape index (κ2) is 6.81. The molecular weight excluding hydrogens is 236 g/mol. The van der Waals surface area contributed by atoms with E-state index in [4.69, 9.17) is 4.74 Å². The maximum absolute atomic E-state index is 14.0. The summed E-state index contributed by atoms with van der Waals surface area (Å²) < 4.78 is 33.0. The number of likely N-dealkylation sites (N-methyl/N-ethyl adjacent to an activating group) is 1. The predicted molar refractivity (Wildman–Crippen MR) is 68.6 cm³/mol. The fourth-order valence-electron chi connectivity index (χ4n) is 2.01. The van der Waals surface area contributed by atoms with Crippen molar-refractivity contribution >= 4 is 0 Å². The Labute approximate surface area is 107 Å². The average Bonchev–Trinajstić information content (AvgIpc) is 2.34. The minimum absolute atomic E-state index is 0.216. The molecule has 0 fully saturated rings. The molecule has 0 aliphatic carbocycles. The van der Waals surface area contributed by atoms with Crippen molar-refractivity contribution in [2.75, 3.05) is 13.2 Å². The molecular formula is C14H21F2NO. The van der Waals surface area contributed by atoms with Gasteiger partial charge in [0.1, 0.15) is 0 Å². The molecule has 18 heavy (non-hydrogen) atoms. The smallest absolute Gasteiger partial charge is 0.163 e. The Balaban J connectivity index is 3.09. The van der Waals surface area contributed by atoms with E-state index in [2.05, 4.69) is 5.32 Å². The van der Waals surface area contributed by atoms with Crippen LogP contribution in [0.25, 0.3) is 0 Å². The van der Waals surface area contributed by atoms with Crippen molar-refractivity contribution in [2.45, 2.75) is 39.8 Å². The summed E-state index contributed by atoms with van der Waals surface area (Å²) >= 11 is 0. The number of rotatable bonds is 6. The van der Waals surface area contributed by atoms with E-state index in [1.54, 1.807) is 19.1 Å². The van der Waals surface area contributed by atoms with E-state index in [0.29, 0.717) is 24.3 Å². The van der Waals surface area contributed by atoms with Crippen molar-refractivity contribution in [3.63, 3.8) is 0 Å². The van der Waals surface area contributed by atoms with Gasteiger partial charge in [-0.2, -0.15) is 0 Å². The number of benzene rings is 1. The Hall–Kier alpha value is -1.00. The standard InChI is InChI=1S/C14H21F2NO/c1-5-17-14(10(4)18-6-2)11-8-7-9(3)12(15)13(11)16/h7-8,10,14,17H,5-6H2,1-4H3. The first kappa shape index (κ1) is 15.1. The Kier molecular flexibility index (Phi) is 5.69. The molecule has 0 spiro atoms. The van der Waals surface area contributed by atoms with Crippen LogP contribution in [0.2, 0.25) is 0 Å². The zero-order valence-corrected chi connectivity index (χ0v) is 11.4. The number of hydrogen-bond acceptors (Lipinski definition) is 2. The molecule has 0 saturated heterocycles. The second-order valence-electron chi connectivity index (χ2n) is 4.30. The van der Waals surface area contributed by atoms with Gasteiger partial charge in [0, 0.05) is 12.2 Å². The van der Waals surface area contributed by atoms with Crippen molar-refractivity contribution in [3.05, 3.63) is 34.9 Å². The van der Waals surface area contributed by atoms with Gasteiger partial charge in [-0.1, -0.05) is 19.1 Å². The van der Waals surface area contributed by atoms with Crippen LogP contribution in [0.3, 0.4) is 0 Å². The molecule has 4 heteroatoms. The minimum atomic E-state index is -0.785. The summed E-state index contributed by atoms with van der Waals surface area (Å²) in [7, 11) is 0. The predicted octanol–water partition coefficient (Wildman–Crippen LogP) is 3.35. The van der Waals surface area contributed by atoms with Crippen LogP contribution in [-0.2, 0) is 4.74 Å². The number of ether oxygens (including phenoxy) is 1. The third kappa shape index (κ3) is 3.27. The van der Waals surface area contributed by atoms with Crippen molar-refractivity contribution in [2.24, 2.45) is 0 Å². The molecule has 0 aliphatic heterocycles. The van der Waals surface area contributed by atoms with Gasteiger partial charge < -0.3 is 10.1 Å². The molecule has 0 saturated carbocycles. The molecule has 0 aromatic heterocycles. The summed E-state index contributed by atoms with van der Waals surface area (Å²) in [5.74, 6) is -1.56. The maximum Gasteiger partial charge on any atom is 0.163 e. The third-order valence-corrected chi connectivity index (χ3v) is 2.96. The van der Waals surface area contributed by atoms with Gasteiger partial charge in [0.05, 0.1) is 12.1 Å². The van der Waals surface area contributed by atoms with E-state index in [-0.39, 0.29) is 12.1 Å². The summed E-state index contributed by atoms with van der Waals surface area (Å²) in [6.07, 6.45) is -0.216. The molecule has 0 amide bonds. The summed E-state index contributed by atoms with van der Waals surface area (Å²) in [5.41, 5.74) is 0.636. The van der Waals surface area contributed by atoms with Crippen molar-refractivity contribution in [3.8, 4) is 0 Å². The van der Waals surface area contributed by atoms with Crippen LogP contribution in [0.15, 0.2) is 12.1 Å². The first-order valence-electron chi connectivity index (χ1n) is 6.32. The molecule has 0 bridgehead atoms. The van der Waals surface area contributed by atoms with Gasteiger partial charge in [0.25, 0.3) is 0 Å². The van der Waals surface area contributed by atoms with E-state index in [9.17, 15) is 8.78 Å². The monoisotopic (exact) mass is 257 g/mol. The highest BCUT2D eigenvalue weighted by Gasteiger charge is 2.24. The van der Waals surface area contributed by atoms with Crippen LogP contribution >= 0.6 is 0 Å². The molecule has 1 aromatic rings. The molecule has 2 nitrogen and oxygen atoms in total. The van der Waals surface area contributed by atoms with Gasteiger partial charge in [0.15, 0.2) is 11.6 Å². The highest BCUT2D eigenvalue weighted by molar-refractivity contribution is 5.28. The second-order valence-corrected chi connectivity index (χ2v) is 4.30. The van der Waals surface area contributed by atoms with Crippen LogP contribution in [0.5, 0.6) is 0 Å². The Morgan fingerprint density at radius 2 is 1.89 bits per heavy atom. The van der Waals surface area contributed by atoms with Gasteiger partial charge in [-0.05, 0) is 32.9 Å².